The Kier molecular flexibility index (Phi) is 7.35. The van der Waals surface area contributed by atoms with Gasteiger partial charge in [-0.15, -0.1) is 0 Å². The molecule has 0 aliphatic carbocycles. The zero-order valence-corrected chi connectivity index (χ0v) is 15.7. The van der Waals surface area contributed by atoms with Crippen LogP contribution < -0.4 is 5.32 Å². The van der Waals surface area contributed by atoms with E-state index >= 15 is 0 Å². The number of hydrogen-bond donors (Lipinski definition) is 1. The number of hydrogen-bond acceptors (Lipinski definition) is 5. The van der Waals surface area contributed by atoms with Crippen molar-refractivity contribution in [3.05, 3.63) is 64.2 Å². The first-order valence-corrected chi connectivity index (χ1v) is 8.64. The van der Waals surface area contributed by atoms with Crippen LogP contribution in [0.4, 0.5) is 5.69 Å². The van der Waals surface area contributed by atoms with E-state index in [0.29, 0.717) is 23.4 Å². The lowest BCUT2D eigenvalue weighted by atomic mass is 10.1. The maximum Gasteiger partial charge on any atom is 0.338 e. The van der Waals surface area contributed by atoms with E-state index < -0.39 is 18.5 Å². The quantitative estimate of drug-likeness (QED) is 0.728. The highest BCUT2D eigenvalue weighted by Gasteiger charge is 2.11. The molecule has 0 saturated carbocycles. The number of esters is 1. The smallest absolute Gasteiger partial charge is 0.338 e. The fourth-order valence-corrected chi connectivity index (χ4v) is 2.32. The molecule has 0 spiro atoms. The molecule has 1 amide bonds. The molecule has 2 aromatic rings. The van der Waals surface area contributed by atoms with Gasteiger partial charge in [-0.25, -0.2) is 4.79 Å². The van der Waals surface area contributed by atoms with Gasteiger partial charge in [-0.3, -0.25) is 4.79 Å². The Morgan fingerprint density at radius 2 is 1.89 bits per heavy atom. The average molecular weight is 387 g/mol. The molecule has 27 heavy (non-hydrogen) atoms. The highest BCUT2D eigenvalue weighted by Crippen LogP contribution is 2.20. The van der Waals surface area contributed by atoms with Crippen molar-refractivity contribution >= 4 is 29.2 Å². The fourth-order valence-electron chi connectivity index (χ4n) is 2.09. The van der Waals surface area contributed by atoms with Crippen LogP contribution in [0.1, 0.15) is 35.3 Å². The van der Waals surface area contributed by atoms with Crippen LogP contribution >= 0.6 is 11.6 Å². The summed E-state index contributed by atoms with van der Waals surface area (Å²) in [5, 5.41) is 11.6. The van der Waals surface area contributed by atoms with Crippen molar-refractivity contribution in [2.45, 2.75) is 26.6 Å². The highest BCUT2D eigenvalue weighted by atomic mass is 35.5. The van der Waals surface area contributed by atoms with Crippen LogP contribution in [0.2, 0.25) is 5.02 Å². The summed E-state index contributed by atoms with van der Waals surface area (Å²) in [4.78, 5) is 23.9. The lowest BCUT2D eigenvalue weighted by molar-refractivity contribution is -0.119. The molecule has 0 fully saturated rings. The molecule has 0 aliphatic rings. The second-order valence-electron chi connectivity index (χ2n) is 5.99. The molecule has 0 radical (unpaired) electrons. The van der Waals surface area contributed by atoms with Gasteiger partial charge in [-0.2, -0.15) is 5.26 Å². The monoisotopic (exact) mass is 386 g/mol. The minimum absolute atomic E-state index is 0.124. The molecule has 2 rings (SSSR count). The zero-order valence-electron chi connectivity index (χ0n) is 15.0. The summed E-state index contributed by atoms with van der Waals surface area (Å²) in [6.07, 6.45) is 0.124. The minimum Gasteiger partial charge on any atom is -0.452 e. The van der Waals surface area contributed by atoms with Crippen molar-refractivity contribution in [3.63, 3.8) is 0 Å². The summed E-state index contributed by atoms with van der Waals surface area (Å²) in [6, 6.07) is 13.2. The number of benzene rings is 2. The third kappa shape index (κ3) is 6.41. The molecule has 2 aromatic carbocycles. The average Bonchev–Trinajstić information content (AvgIpc) is 2.65. The second kappa shape index (κ2) is 9.72. The summed E-state index contributed by atoms with van der Waals surface area (Å²) in [6.45, 7) is 3.92. The first-order chi connectivity index (χ1) is 12.9. The molecule has 0 heterocycles. The molecule has 0 saturated heterocycles. The van der Waals surface area contributed by atoms with Gasteiger partial charge in [-0.05, 0) is 49.7 Å². The predicted octanol–water partition coefficient (Wildman–Crippen LogP) is 3.93. The van der Waals surface area contributed by atoms with Crippen LogP contribution in [-0.4, -0.2) is 24.6 Å². The number of ether oxygens (including phenoxy) is 2. The Balaban J connectivity index is 1.85. The third-order valence-corrected chi connectivity index (χ3v) is 3.79. The van der Waals surface area contributed by atoms with Crippen molar-refractivity contribution in [1.82, 2.24) is 0 Å². The summed E-state index contributed by atoms with van der Waals surface area (Å²) >= 11 is 5.90. The van der Waals surface area contributed by atoms with Crippen LogP contribution in [0, 0.1) is 11.3 Å². The van der Waals surface area contributed by atoms with E-state index in [1.165, 1.54) is 12.1 Å². The van der Waals surface area contributed by atoms with Crippen molar-refractivity contribution in [2.75, 3.05) is 11.9 Å². The number of carbonyl (C=O) groups excluding carboxylic acids is 2. The van der Waals surface area contributed by atoms with Crippen LogP contribution in [0.15, 0.2) is 42.5 Å². The summed E-state index contributed by atoms with van der Waals surface area (Å²) in [5.41, 5.74) is 2.01. The number of nitrogens with one attached hydrogen (secondary N) is 1. The summed E-state index contributed by atoms with van der Waals surface area (Å²) in [7, 11) is 0. The molecule has 1 N–H and O–H groups in total. The van der Waals surface area contributed by atoms with Crippen molar-refractivity contribution < 1.29 is 19.1 Å². The number of rotatable bonds is 7. The third-order valence-electron chi connectivity index (χ3n) is 3.48. The maximum atomic E-state index is 12.0. The normalized spacial score (nSPS) is 10.3. The van der Waals surface area contributed by atoms with Gasteiger partial charge in [0.25, 0.3) is 5.91 Å². The number of carbonyl (C=O) groups is 2. The molecule has 0 atom stereocenters. The van der Waals surface area contributed by atoms with Gasteiger partial charge >= 0.3 is 5.97 Å². The second-order valence-corrected chi connectivity index (χ2v) is 6.39. The molecular formula is C20H19ClN2O4. The minimum atomic E-state index is -0.598. The van der Waals surface area contributed by atoms with Crippen LogP contribution in [0.25, 0.3) is 0 Å². The molecule has 0 aromatic heterocycles. The number of anilines is 1. The molecule has 6 nitrogen and oxygen atoms in total. The largest absolute Gasteiger partial charge is 0.452 e. The van der Waals surface area contributed by atoms with E-state index in [4.69, 9.17) is 26.3 Å². The maximum absolute atomic E-state index is 12.0. The Morgan fingerprint density at radius 1 is 1.19 bits per heavy atom. The van der Waals surface area contributed by atoms with Gasteiger partial charge in [-0.1, -0.05) is 23.7 Å². The first-order valence-electron chi connectivity index (χ1n) is 8.26. The molecule has 7 heteroatoms. The van der Waals surface area contributed by atoms with Gasteiger partial charge in [0.05, 0.1) is 28.9 Å². The van der Waals surface area contributed by atoms with Gasteiger partial charge in [0, 0.05) is 5.69 Å². The topological polar surface area (TPSA) is 88.4 Å². The van der Waals surface area contributed by atoms with E-state index in [1.807, 2.05) is 19.9 Å². The molecule has 0 aliphatic heterocycles. The van der Waals surface area contributed by atoms with Crippen LogP contribution in [0.3, 0.4) is 0 Å². The zero-order chi connectivity index (χ0) is 19.8. The van der Waals surface area contributed by atoms with Crippen molar-refractivity contribution in [3.8, 4) is 6.07 Å². The number of nitriles is 1. The van der Waals surface area contributed by atoms with Gasteiger partial charge < -0.3 is 14.8 Å². The Bertz CT molecular complexity index is 857. The van der Waals surface area contributed by atoms with Crippen molar-refractivity contribution in [2.24, 2.45) is 0 Å². The number of nitrogens with zero attached hydrogens (tertiary/aromatic N) is 1. The van der Waals surface area contributed by atoms with Gasteiger partial charge in [0.15, 0.2) is 6.61 Å². The standard InChI is InChI=1S/C20H19ClN2O4/c1-13(2)26-11-14-3-5-15(6-4-14)20(25)27-12-19(24)23-17-8-7-16(10-22)18(21)9-17/h3-9,13H,11-12H2,1-2H3,(H,23,24). The van der Waals surface area contributed by atoms with Crippen LogP contribution in [0.5, 0.6) is 0 Å². The van der Waals surface area contributed by atoms with E-state index in [1.54, 1.807) is 30.3 Å². The molecule has 140 valence electrons. The highest BCUT2D eigenvalue weighted by molar-refractivity contribution is 6.32. The van der Waals surface area contributed by atoms with Gasteiger partial charge in [0.2, 0.25) is 0 Å². The molecule has 0 bridgehead atoms. The summed E-state index contributed by atoms with van der Waals surface area (Å²) < 4.78 is 10.5. The van der Waals surface area contributed by atoms with E-state index in [2.05, 4.69) is 5.32 Å². The van der Waals surface area contributed by atoms with Crippen LogP contribution in [-0.2, 0) is 20.9 Å². The van der Waals surface area contributed by atoms with E-state index in [-0.39, 0.29) is 11.1 Å². The Morgan fingerprint density at radius 3 is 2.48 bits per heavy atom. The number of halogens is 1. The number of amides is 1. The molecule has 0 unspecified atom stereocenters. The Hall–Kier alpha value is -2.88. The Labute approximate surface area is 162 Å². The first kappa shape index (κ1) is 20.4. The SMILES string of the molecule is CC(C)OCc1ccc(C(=O)OCC(=O)Nc2ccc(C#N)c(Cl)c2)cc1. The van der Waals surface area contributed by atoms with E-state index in [0.717, 1.165) is 5.56 Å². The molecular weight excluding hydrogens is 368 g/mol. The predicted molar refractivity (Wildman–Crippen MR) is 101 cm³/mol. The fraction of sp³-hybridized carbons (Fsp3) is 0.250. The lowest BCUT2D eigenvalue weighted by Crippen LogP contribution is -2.21. The van der Waals surface area contributed by atoms with E-state index in [9.17, 15) is 9.59 Å². The lowest BCUT2D eigenvalue weighted by Gasteiger charge is -2.09. The van der Waals surface area contributed by atoms with Crippen molar-refractivity contribution in [1.29, 1.82) is 5.26 Å². The van der Waals surface area contributed by atoms with Gasteiger partial charge in [0.1, 0.15) is 6.07 Å². The summed E-state index contributed by atoms with van der Waals surface area (Å²) in [5.74, 6) is -1.11.